The second-order valence-electron chi connectivity index (χ2n) is 6.30. The van der Waals surface area contributed by atoms with Crippen molar-refractivity contribution < 1.29 is 18.0 Å². The highest BCUT2D eigenvalue weighted by atomic mass is 32.1. The van der Waals surface area contributed by atoms with Crippen molar-refractivity contribution in [2.75, 3.05) is 5.32 Å². The molecule has 12 heteroatoms. The summed E-state index contributed by atoms with van der Waals surface area (Å²) in [7, 11) is 0. The standard InChI is InChI=1S/C19H11F3N6O2S/c20-19(21,22)13-3-1-2-11-4-5-15(30)27(16(11)13)9-14(29)26-18-17(12(8-23)10-31-18)28-24-6-7-25-28/h1-7,10H,9H2,(H,26,29). The van der Waals surface area contributed by atoms with Crippen LogP contribution in [0.2, 0.25) is 0 Å². The first kappa shape index (κ1) is 20.3. The van der Waals surface area contributed by atoms with Gasteiger partial charge in [0.05, 0.1) is 29.0 Å². The smallest absolute Gasteiger partial charge is 0.314 e. The molecule has 1 amide bonds. The number of alkyl halides is 3. The monoisotopic (exact) mass is 444 g/mol. The Hall–Kier alpha value is -3.98. The zero-order valence-electron chi connectivity index (χ0n) is 15.4. The lowest BCUT2D eigenvalue weighted by Gasteiger charge is -2.15. The van der Waals surface area contributed by atoms with Crippen LogP contribution in [-0.2, 0) is 17.5 Å². The molecule has 0 saturated carbocycles. The summed E-state index contributed by atoms with van der Waals surface area (Å²) in [5.41, 5.74) is -1.71. The van der Waals surface area contributed by atoms with Gasteiger partial charge in [0.1, 0.15) is 23.3 Å². The van der Waals surface area contributed by atoms with Crippen molar-refractivity contribution in [3.63, 3.8) is 0 Å². The quantitative estimate of drug-likeness (QED) is 0.521. The van der Waals surface area contributed by atoms with E-state index in [1.165, 1.54) is 36.0 Å². The second-order valence-corrected chi connectivity index (χ2v) is 7.18. The maximum atomic E-state index is 13.5. The molecule has 1 N–H and O–H groups in total. The zero-order chi connectivity index (χ0) is 22.2. The minimum atomic E-state index is -4.71. The molecule has 4 aromatic rings. The van der Waals surface area contributed by atoms with Crippen molar-refractivity contribution in [1.82, 2.24) is 19.6 Å². The normalized spacial score (nSPS) is 11.4. The van der Waals surface area contributed by atoms with Gasteiger partial charge in [0.2, 0.25) is 5.91 Å². The number of nitriles is 1. The van der Waals surface area contributed by atoms with Crippen molar-refractivity contribution in [3.8, 4) is 11.8 Å². The predicted octanol–water partition coefficient (Wildman–Crippen LogP) is 3.17. The first-order valence-corrected chi connectivity index (χ1v) is 9.55. The van der Waals surface area contributed by atoms with E-state index in [1.807, 2.05) is 6.07 Å². The van der Waals surface area contributed by atoms with Crippen LogP contribution in [0, 0.1) is 11.3 Å². The Morgan fingerprint density at radius 2 is 1.94 bits per heavy atom. The number of nitrogens with one attached hydrogen (secondary N) is 1. The molecule has 4 rings (SSSR count). The Balaban J connectivity index is 1.73. The molecule has 156 valence electrons. The molecule has 0 aliphatic carbocycles. The third-order valence-electron chi connectivity index (χ3n) is 4.37. The first-order chi connectivity index (χ1) is 14.8. The molecule has 0 saturated heterocycles. The van der Waals surface area contributed by atoms with Crippen molar-refractivity contribution in [2.24, 2.45) is 0 Å². The van der Waals surface area contributed by atoms with Gasteiger partial charge >= 0.3 is 6.18 Å². The van der Waals surface area contributed by atoms with Crippen LogP contribution in [-0.4, -0.2) is 25.5 Å². The molecule has 8 nitrogen and oxygen atoms in total. The number of benzene rings is 1. The Morgan fingerprint density at radius 3 is 2.61 bits per heavy atom. The van der Waals surface area contributed by atoms with Crippen molar-refractivity contribution in [3.05, 3.63) is 69.6 Å². The zero-order valence-corrected chi connectivity index (χ0v) is 16.2. The molecular weight excluding hydrogens is 433 g/mol. The average molecular weight is 444 g/mol. The molecule has 1 aromatic carbocycles. The summed E-state index contributed by atoms with van der Waals surface area (Å²) in [4.78, 5) is 26.2. The summed E-state index contributed by atoms with van der Waals surface area (Å²) in [5.74, 6) is -0.744. The number of amides is 1. The number of aromatic nitrogens is 4. The van der Waals surface area contributed by atoms with E-state index in [9.17, 15) is 28.0 Å². The summed E-state index contributed by atoms with van der Waals surface area (Å²) in [5, 5.41) is 21.6. The van der Waals surface area contributed by atoms with Gasteiger partial charge < -0.3 is 5.32 Å². The average Bonchev–Trinajstić information content (AvgIpc) is 3.38. The highest BCUT2D eigenvalue weighted by Crippen LogP contribution is 2.34. The van der Waals surface area contributed by atoms with E-state index in [2.05, 4.69) is 15.5 Å². The number of nitrogens with zero attached hydrogens (tertiary/aromatic N) is 5. The second kappa shape index (κ2) is 7.69. The summed E-state index contributed by atoms with van der Waals surface area (Å²) >= 11 is 1.03. The molecule has 0 aliphatic rings. The fourth-order valence-electron chi connectivity index (χ4n) is 3.10. The third-order valence-corrected chi connectivity index (χ3v) is 5.26. The summed E-state index contributed by atoms with van der Waals surface area (Å²) < 4.78 is 41.3. The van der Waals surface area contributed by atoms with E-state index in [-0.39, 0.29) is 27.2 Å². The number of para-hydroxylation sites is 1. The minimum Gasteiger partial charge on any atom is -0.314 e. The van der Waals surface area contributed by atoms with Gasteiger partial charge in [-0.15, -0.1) is 16.1 Å². The van der Waals surface area contributed by atoms with Gasteiger partial charge in [0, 0.05) is 11.4 Å². The summed E-state index contributed by atoms with van der Waals surface area (Å²) in [6, 6.07) is 7.87. The highest BCUT2D eigenvalue weighted by Gasteiger charge is 2.34. The fraction of sp³-hybridized carbons (Fsp3) is 0.105. The Kier molecular flexibility index (Phi) is 5.04. The Morgan fingerprint density at radius 1 is 1.19 bits per heavy atom. The summed E-state index contributed by atoms with van der Waals surface area (Å²) in [6.45, 7) is -0.658. The van der Waals surface area contributed by atoms with Gasteiger partial charge in [0.25, 0.3) is 5.56 Å². The van der Waals surface area contributed by atoms with E-state index in [0.29, 0.717) is 0 Å². The van der Waals surface area contributed by atoms with Gasteiger partial charge in [0.15, 0.2) is 0 Å². The lowest BCUT2D eigenvalue weighted by atomic mass is 10.1. The molecule has 31 heavy (non-hydrogen) atoms. The molecule has 0 fully saturated rings. The molecule has 3 heterocycles. The molecular formula is C19H11F3N6O2S. The van der Waals surface area contributed by atoms with Crippen LogP contribution in [0.4, 0.5) is 18.2 Å². The number of hydrogen-bond acceptors (Lipinski definition) is 6. The lowest BCUT2D eigenvalue weighted by Crippen LogP contribution is -2.28. The first-order valence-electron chi connectivity index (χ1n) is 8.67. The van der Waals surface area contributed by atoms with Crippen LogP contribution < -0.4 is 10.9 Å². The largest absolute Gasteiger partial charge is 0.418 e. The minimum absolute atomic E-state index is 0.173. The maximum absolute atomic E-state index is 13.5. The fourth-order valence-corrected chi connectivity index (χ4v) is 3.98. The van der Waals surface area contributed by atoms with Crippen molar-refractivity contribution >= 4 is 33.1 Å². The lowest BCUT2D eigenvalue weighted by molar-refractivity contribution is -0.136. The van der Waals surface area contributed by atoms with Crippen LogP contribution >= 0.6 is 11.3 Å². The topological polar surface area (TPSA) is 106 Å². The van der Waals surface area contributed by atoms with Gasteiger partial charge in [-0.3, -0.25) is 14.2 Å². The number of thiophene rings is 1. The number of anilines is 1. The number of pyridine rings is 1. The Bertz CT molecular complexity index is 1380. The molecule has 0 spiro atoms. The molecule has 3 aromatic heterocycles. The van der Waals surface area contributed by atoms with E-state index < -0.39 is 29.8 Å². The van der Waals surface area contributed by atoms with Gasteiger partial charge in [-0.2, -0.15) is 28.6 Å². The van der Waals surface area contributed by atoms with Crippen LogP contribution in [0.25, 0.3) is 16.6 Å². The summed E-state index contributed by atoms with van der Waals surface area (Å²) in [6.07, 6.45) is -1.93. The van der Waals surface area contributed by atoms with E-state index in [0.717, 1.165) is 32.8 Å². The molecule has 0 atom stereocenters. The Labute approximate surface area is 175 Å². The van der Waals surface area contributed by atoms with E-state index >= 15 is 0 Å². The number of halogens is 3. The maximum Gasteiger partial charge on any atom is 0.418 e. The molecule has 0 unspecified atom stereocenters. The van der Waals surface area contributed by atoms with Gasteiger partial charge in [-0.05, 0) is 17.5 Å². The van der Waals surface area contributed by atoms with Crippen LogP contribution in [0.15, 0.2) is 52.9 Å². The van der Waals surface area contributed by atoms with E-state index in [1.54, 1.807) is 0 Å². The van der Waals surface area contributed by atoms with Crippen LogP contribution in [0.3, 0.4) is 0 Å². The van der Waals surface area contributed by atoms with Crippen molar-refractivity contribution in [1.29, 1.82) is 5.26 Å². The number of carbonyl (C=O) groups is 1. The van der Waals surface area contributed by atoms with Crippen LogP contribution in [0.1, 0.15) is 11.1 Å². The molecule has 0 aliphatic heterocycles. The number of hydrogen-bond donors (Lipinski definition) is 1. The van der Waals surface area contributed by atoms with Gasteiger partial charge in [-0.25, -0.2) is 0 Å². The third kappa shape index (κ3) is 3.78. The number of rotatable bonds is 4. The van der Waals surface area contributed by atoms with Gasteiger partial charge in [-0.1, -0.05) is 12.1 Å². The number of fused-ring (bicyclic) bond motifs is 1. The van der Waals surface area contributed by atoms with Crippen molar-refractivity contribution in [2.45, 2.75) is 12.7 Å². The number of carbonyl (C=O) groups excluding carboxylic acids is 1. The SMILES string of the molecule is N#Cc1csc(NC(=O)Cn2c(=O)ccc3cccc(C(F)(F)F)c32)c1-n1nccn1. The molecule has 0 bridgehead atoms. The molecule has 0 radical (unpaired) electrons. The highest BCUT2D eigenvalue weighted by molar-refractivity contribution is 7.15. The van der Waals surface area contributed by atoms with Crippen LogP contribution in [0.5, 0.6) is 0 Å². The van der Waals surface area contributed by atoms with E-state index in [4.69, 9.17) is 0 Å². The predicted molar refractivity (Wildman–Crippen MR) is 106 cm³/mol.